The zero-order chi connectivity index (χ0) is 5.91. The van der Waals surface area contributed by atoms with Gasteiger partial charge in [-0.25, -0.2) is 0 Å². The zero-order valence-corrected chi connectivity index (χ0v) is 4.63. The molecule has 0 atom stereocenters. The third kappa shape index (κ3) is 5.96. The van der Waals surface area contributed by atoms with Crippen molar-refractivity contribution < 1.29 is 12.6 Å². The van der Waals surface area contributed by atoms with Gasteiger partial charge in [0.1, 0.15) is 0 Å². The van der Waals surface area contributed by atoms with Gasteiger partial charge in [-0.3, -0.25) is 0 Å². The molecule has 7 heavy (non-hydrogen) atoms. The first-order valence-electron chi connectivity index (χ1n) is 1.74. The monoisotopic (exact) mass is 130 g/mol. The van der Waals surface area contributed by atoms with E-state index < -0.39 is 14.4 Å². The van der Waals surface area contributed by atoms with E-state index in [-0.39, 0.29) is 0 Å². The molecule has 0 saturated carbocycles. The molecular formula is C3H6F3P. The van der Waals surface area contributed by atoms with Crippen molar-refractivity contribution in [2.24, 2.45) is 0 Å². The van der Waals surface area contributed by atoms with Gasteiger partial charge in [-0.05, 0) is 0 Å². The Kier molecular flexibility index (Phi) is 2.30. The molecule has 0 aromatic carbocycles. The average molecular weight is 130 g/mol. The second-order valence-corrected chi connectivity index (χ2v) is 2.75. The number of allylic oxidation sites excluding steroid dienone is 1. The number of hydrogen-bond acceptors (Lipinski definition) is 0. The fourth-order valence-corrected chi connectivity index (χ4v) is 0.491. The van der Waals surface area contributed by atoms with Crippen LogP contribution in [0, 0.1) is 0 Å². The summed E-state index contributed by atoms with van der Waals surface area (Å²) in [6, 6.07) is 0. The summed E-state index contributed by atoms with van der Waals surface area (Å²) in [7, 11) is -5.28. The van der Waals surface area contributed by atoms with Gasteiger partial charge in [0.05, 0.1) is 0 Å². The van der Waals surface area contributed by atoms with Crippen LogP contribution in [-0.4, -0.2) is 6.16 Å². The van der Waals surface area contributed by atoms with Crippen LogP contribution in [0.4, 0.5) is 12.6 Å². The molecular weight excluding hydrogens is 124 g/mol. The van der Waals surface area contributed by atoms with Crippen molar-refractivity contribution in [3.63, 3.8) is 0 Å². The minimum absolute atomic E-state index is 0.757. The molecule has 0 radical (unpaired) electrons. The van der Waals surface area contributed by atoms with E-state index >= 15 is 0 Å². The summed E-state index contributed by atoms with van der Waals surface area (Å²) in [5.74, 6) is 0. The maximum absolute atomic E-state index is 11.1. The second-order valence-electron chi connectivity index (χ2n) is 1.11. The van der Waals surface area contributed by atoms with Gasteiger partial charge in [-0.1, -0.05) is 0 Å². The van der Waals surface area contributed by atoms with Crippen LogP contribution in [0.15, 0.2) is 12.7 Å². The first kappa shape index (κ1) is 6.96. The third-order valence-corrected chi connectivity index (χ3v) is 1.13. The molecule has 0 spiro atoms. The van der Waals surface area contributed by atoms with Crippen molar-refractivity contribution in [3.8, 4) is 0 Å². The van der Waals surface area contributed by atoms with Crippen LogP contribution in [0.5, 0.6) is 0 Å². The molecule has 0 heterocycles. The van der Waals surface area contributed by atoms with Crippen molar-refractivity contribution >= 4 is 8.19 Å². The van der Waals surface area contributed by atoms with E-state index in [1.54, 1.807) is 0 Å². The molecule has 0 amide bonds. The van der Waals surface area contributed by atoms with E-state index in [9.17, 15) is 12.6 Å². The van der Waals surface area contributed by atoms with Gasteiger partial charge in [0, 0.05) is 0 Å². The van der Waals surface area contributed by atoms with Crippen LogP contribution in [0.2, 0.25) is 0 Å². The Morgan fingerprint density at radius 3 is 1.86 bits per heavy atom. The van der Waals surface area contributed by atoms with Gasteiger partial charge >= 0.3 is 39.6 Å². The Labute approximate surface area is 40.7 Å². The van der Waals surface area contributed by atoms with Crippen LogP contribution >= 0.6 is 8.19 Å². The SMILES string of the molecule is C=CC[PH](F)(F)F. The zero-order valence-electron chi connectivity index (χ0n) is 3.63. The van der Waals surface area contributed by atoms with Crippen LogP contribution in [0.25, 0.3) is 0 Å². The summed E-state index contributed by atoms with van der Waals surface area (Å²) in [4.78, 5) is 0. The van der Waals surface area contributed by atoms with Crippen molar-refractivity contribution in [1.29, 1.82) is 0 Å². The molecule has 0 saturated heterocycles. The van der Waals surface area contributed by atoms with Gasteiger partial charge in [-0.2, -0.15) is 0 Å². The predicted molar refractivity (Wildman–Crippen MR) is 26.7 cm³/mol. The molecule has 4 heteroatoms. The molecule has 0 bridgehead atoms. The van der Waals surface area contributed by atoms with Crippen molar-refractivity contribution in [3.05, 3.63) is 12.7 Å². The second kappa shape index (κ2) is 2.31. The average Bonchev–Trinajstić information content (AvgIpc) is 1.30. The topological polar surface area (TPSA) is 0 Å². The Hall–Kier alpha value is -0.0400. The summed E-state index contributed by atoms with van der Waals surface area (Å²) < 4.78 is 33.4. The molecule has 0 unspecified atom stereocenters. The molecule has 0 aromatic rings. The normalized spacial score (nSPS) is 13.6. The molecule has 0 fully saturated rings. The Bertz CT molecular complexity index is 65.1. The van der Waals surface area contributed by atoms with Crippen molar-refractivity contribution in [2.75, 3.05) is 6.16 Å². The van der Waals surface area contributed by atoms with Gasteiger partial charge in [-0.15, -0.1) is 0 Å². The van der Waals surface area contributed by atoms with E-state index in [2.05, 4.69) is 6.58 Å². The van der Waals surface area contributed by atoms with E-state index in [0.717, 1.165) is 6.08 Å². The van der Waals surface area contributed by atoms with Crippen LogP contribution in [0.1, 0.15) is 0 Å². The van der Waals surface area contributed by atoms with Crippen LogP contribution in [-0.2, 0) is 0 Å². The van der Waals surface area contributed by atoms with Gasteiger partial charge in [0.25, 0.3) is 0 Å². The van der Waals surface area contributed by atoms with Gasteiger partial charge < -0.3 is 0 Å². The maximum atomic E-state index is 11.1. The molecule has 0 aliphatic heterocycles. The molecule has 44 valence electrons. The molecule has 0 aromatic heterocycles. The Morgan fingerprint density at radius 2 is 1.86 bits per heavy atom. The number of hydrogen-bond donors (Lipinski definition) is 0. The van der Waals surface area contributed by atoms with Crippen LogP contribution in [0.3, 0.4) is 0 Å². The van der Waals surface area contributed by atoms with E-state index in [1.807, 2.05) is 0 Å². The molecule has 0 N–H and O–H groups in total. The fraction of sp³-hybridized carbons (Fsp3) is 0.333. The number of rotatable bonds is 2. The summed E-state index contributed by atoms with van der Waals surface area (Å²) in [5.41, 5.74) is 0. The first-order chi connectivity index (χ1) is 3.06. The van der Waals surface area contributed by atoms with Crippen LogP contribution < -0.4 is 0 Å². The summed E-state index contributed by atoms with van der Waals surface area (Å²) in [6.45, 7) is 2.96. The van der Waals surface area contributed by atoms with Gasteiger partial charge in [0.2, 0.25) is 0 Å². The standard InChI is InChI=1S/C3H6F3P/c1-2-3-7(4,5)6/h2,7H,1,3H2. The quantitative estimate of drug-likeness (QED) is 0.398. The Morgan fingerprint density at radius 1 is 1.43 bits per heavy atom. The van der Waals surface area contributed by atoms with Crippen molar-refractivity contribution in [2.45, 2.75) is 0 Å². The van der Waals surface area contributed by atoms with E-state index in [0.29, 0.717) is 0 Å². The fourth-order valence-electron chi connectivity index (χ4n) is 0.164. The first-order valence-corrected chi connectivity index (χ1v) is 3.58. The van der Waals surface area contributed by atoms with Gasteiger partial charge in [0.15, 0.2) is 0 Å². The third-order valence-electron chi connectivity index (χ3n) is 0.376. The summed E-state index contributed by atoms with van der Waals surface area (Å²) >= 11 is 0. The molecule has 0 nitrogen and oxygen atoms in total. The van der Waals surface area contributed by atoms with E-state index in [1.165, 1.54) is 0 Å². The molecule has 0 aliphatic carbocycles. The summed E-state index contributed by atoms with van der Waals surface area (Å²) in [6.07, 6.45) is 0.138. The van der Waals surface area contributed by atoms with Crippen molar-refractivity contribution in [1.82, 2.24) is 0 Å². The predicted octanol–water partition coefficient (Wildman–Crippen LogP) is 2.58. The van der Waals surface area contributed by atoms with E-state index in [4.69, 9.17) is 0 Å². The minimum atomic E-state index is -5.28. The number of halogens is 3. The molecule has 0 aliphatic rings. The Balaban J connectivity index is 3.34. The molecule has 0 rings (SSSR count). The summed E-state index contributed by atoms with van der Waals surface area (Å²) in [5, 5.41) is 0.